The first-order valence-electron chi connectivity index (χ1n) is 7.06. The number of carbonyl (C=O) groups is 1. The number of hydrogen-bond acceptors (Lipinski definition) is 6. The lowest BCUT2D eigenvalue weighted by Crippen LogP contribution is -2.21. The minimum atomic E-state index is -0.707. The van der Waals surface area contributed by atoms with Crippen LogP contribution in [-0.2, 0) is 4.74 Å². The topological polar surface area (TPSA) is 89.9 Å². The molecule has 1 aromatic heterocycles. The summed E-state index contributed by atoms with van der Waals surface area (Å²) in [5.74, 6) is 0. The molecule has 0 saturated carbocycles. The second-order valence-corrected chi connectivity index (χ2v) is 6.44. The van der Waals surface area contributed by atoms with Crippen LogP contribution in [0.4, 0.5) is 9.93 Å². The zero-order chi connectivity index (χ0) is 16.6. The highest BCUT2D eigenvalue weighted by atomic mass is 32.1. The van der Waals surface area contributed by atoms with Gasteiger partial charge in [-0.2, -0.15) is 0 Å². The van der Waals surface area contributed by atoms with E-state index in [0.717, 1.165) is 23.2 Å². The van der Waals surface area contributed by atoms with Crippen molar-refractivity contribution >= 4 is 32.8 Å². The molecule has 0 aliphatic heterocycles. The van der Waals surface area contributed by atoms with Gasteiger partial charge in [0, 0.05) is 0 Å². The summed E-state index contributed by atoms with van der Waals surface area (Å²) in [4.78, 5) is 15.6. The lowest BCUT2D eigenvalue weighted by molar-refractivity contribution is 0.0592. The van der Waals surface area contributed by atoms with Crippen molar-refractivity contribution in [2.45, 2.75) is 39.7 Å². The van der Waals surface area contributed by atoms with Gasteiger partial charge in [0.15, 0.2) is 0 Å². The molecule has 6 nitrogen and oxygen atoms in total. The number of fused-ring (bicyclic) bond motifs is 1. The molecule has 120 valence electrons. The fraction of sp³-hybridized carbons (Fsp3) is 0.467. The molecule has 0 saturated heterocycles. The summed E-state index contributed by atoms with van der Waals surface area (Å²) < 4.78 is 6.02. The molecule has 0 aliphatic carbocycles. The predicted octanol–water partition coefficient (Wildman–Crippen LogP) is 4.67. The third-order valence-corrected chi connectivity index (χ3v) is 3.10. The van der Waals surface area contributed by atoms with E-state index in [4.69, 9.17) is 10.5 Å². The van der Waals surface area contributed by atoms with Crippen LogP contribution in [0.25, 0.3) is 10.2 Å². The number of nitrogens with two attached hydrogens (primary N) is 1. The summed E-state index contributed by atoms with van der Waals surface area (Å²) in [5.41, 5.74) is 5.31. The Labute approximate surface area is 134 Å². The van der Waals surface area contributed by atoms with E-state index in [2.05, 4.69) is 22.1 Å². The molecule has 1 amide bonds. The molecule has 0 bridgehead atoms. The summed E-state index contributed by atoms with van der Waals surface area (Å²) in [7, 11) is 0. The van der Waals surface area contributed by atoms with Crippen molar-refractivity contribution < 1.29 is 9.53 Å². The molecule has 22 heavy (non-hydrogen) atoms. The van der Waals surface area contributed by atoms with Crippen LogP contribution < -0.4 is 5.73 Å². The maximum atomic E-state index is 11.3. The lowest BCUT2D eigenvalue weighted by atomic mass is 10.2. The number of rotatable bonds is 2. The Bertz CT molecular complexity index is 597. The third kappa shape index (κ3) is 6.73. The first-order valence-corrected chi connectivity index (χ1v) is 7.87. The van der Waals surface area contributed by atoms with Crippen LogP contribution in [0.5, 0.6) is 0 Å². The maximum Gasteiger partial charge on any atom is 0.453 e. The molecule has 2 rings (SSSR count). The first kappa shape index (κ1) is 18.2. The predicted molar refractivity (Wildman–Crippen MR) is 89.7 cm³/mol. The summed E-state index contributed by atoms with van der Waals surface area (Å²) in [6, 6.07) is 7.66. The molecule has 1 heterocycles. The van der Waals surface area contributed by atoms with Crippen molar-refractivity contribution in [1.82, 2.24) is 4.98 Å². The normalized spacial score (nSPS) is 11.3. The van der Waals surface area contributed by atoms with E-state index in [1.807, 2.05) is 24.3 Å². The molecule has 2 N–H and O–H groups in total. The average molecular weight is 322 g/mol. The second kappa shape index (κ2) is 8.55. The minimum absolute atomic E-state index is 0.446. The van der Waals surface area contributed by atoms with Crippen molar-refractivity contribution in [3.05, 3.63) is 24.3 Å². The summed E-state index contributed by atoms with van der Waals surface area (Å²) >= 11 is 1.38. The number of para-hydroxylation sites is 1. The highest BCUT2D eigenvalue weighted by molar-refractivity contribution is 7.21. The van der Waals surface area contributed by atoms with Crippen LogP contribution in [0, 0.1) is 0 Å². The van der Waals surface area contributed by atoms with Crippen LogP contribution in [0.2, 0.25) is 0 Å². The molecule has 0 atom stereocenters. The Kier molecular flexibility index (Phi) is 7.07. The van der Waals surface area contributed by atoms with E-state index in [1.54, 1.807) is 20.8 Å². The first-order chi connectivity index (χ1) is 10.4. The summed E-state index contributed by atoms with van der Waals surface area (Å²) in [6.45, 7) is 8.20. The number of azo groups is 1. The van der Waals surface area contributed by atoms with Crippen molar-refractivity contribution in [3.63, 3.8) is 0 Å². The van der Waals surface area contributed by atoms with E-state index in [-0.39, 0.29) is 0 Å². The fourth-order valence-electron chi connectivity index (χ4n) is 1.27. The van der Waals surface area contributed by atoms with E-state index in [1.165, 1.54) is 11.3 Å². The second-order valence-electron chi connectivity index (χ2n) is 5.43. The molecule has 0 fully saturated rings. The van der Waals surface area contributed by atoms with Crippen LogP contribution in [0.15, 0.2) is 34.5 Å². The van der Waals surface area contributed by atoms with Gasteiger partial charge >= 0.3 is 6.09 Å². The zero-order valence-corrected chi connectivity index (χ0v) is 14.2. The maximum absolute atomic E-state index is 11.3. The van der Waals surface area contributed by atoms with Gasteiger partial charge in [0.25, 0.3) is 0 Å². The van der Waals surface area contributed by atoms with E-state index in [9.17, 15) is 4.79 Å². The summed E-state index contributed by atoms with van der Waals surface area (Å²) in [6.07, 6.45) is 0.391. The highest BCUT2D eigenvalue weighted by Gasteiger charge is 2.15. The molecular weight excluding hydrogens is 300 g/mol. The van der Waals surface area contributed by atoms with Crippen molar-refractivity contribution in [3.8, 4) is 0 Å². The number of benzene rings is 1. The molecule has 0 aliphatic rings. The van der Waals surface area contributed by atoms with Crippen LogP contribution in [0.3, 0.4) is 0 Å². The van der Waals surface area contributed by atoms with Crippen molar-refractivity contribution in [1.29, 1.82) is 0 Å². The molecule has 1 aromatic carbocycles. The molecule has 0 radical (unpaired) electrons. The largest absolute Gasteiger partial charge is 0.453 e. The Morgan fingerprint density at radius 1 is 1.36 bits per heavy atom. The SMILES string of the molecule is CC(C)(C)OC(=O)N=Nc1nc2ccccc2s1.CCCN. The van der Waals surface area contributed by atoms with Gasteiger partial charge in [0.1, 0.15) is 5.60 Å². The minimum Gasteiger partial charge on any atom is -0.441 e. The van der Waals surface area contributed by atoms with Gasteiger partial charge in [0.05, 0.1) is 10.2 Å². The molecular formula is C15H22N4O2S. The van der Waals surface area contributed by atoms with Gasteiger partial charge in [-0.15, -0.1) is 5.11 Å². The monoisotopic (exact) mass is 322 g/mol. The van der Waals surface area contributed by atoms with Crippen molar-refractivity contribution in [2.75, 3.05) is 6.54 Å². The van der Waals surface area contributed by atoms with Gasteiger partial charge < -0.3 is 10.5 Å². The zero-order valence-electron chi connectivity index (χ0n) is 13.4. The van der Waals surface area contributed by atoms with Crippen LogP contribution in [-0.4, -0.2) is 23.2 Å². The Balaban J connectivity index is 0.000000541. The van der Waals surface area contributed by atoms with E-state index in [0.29, 0.717) is 5.13 Å². The van der Waals surface area contributed by atoms with Gasteiger partial charge in [-0.05, 0) is 45.9 Å². The van der Waals surface area contributed by atoms with Gasteiger partial charge in [-0.3, -0.25) is 0 Å². The number of thiazole rings is 1. The van der Waals surface area contributed by atoms with Crippen LogP contribution >= 0.6 is 11.3 Å². The number of aromatic nitrogens is 1. The van der Waals surface area contributed by atoms with Gasteiger partial charge in [-0.25, -0.2) is 9.78 Å². The van der Waals surface area contributed by atoms with Gasteiger partial charge in [0.2, 0.25) is 5.13 Å². The fourth-order valence-corrected chi connectivity index (χ4v) is 2.06. The van der Waals surface area contributed by atoms with E-state index >= 15 is 0 Å². The van der Waals surface area contributed by atoms with E-state index < -0.39 is 11.7 Å². The quantitative estimate of drug-likeness (QED) is 0.813. The average Bonchev–Trinajstić information content (AvgIpc) is 2.86. The number of nitrogens with zero attached hydrogens (tertiary/aromatic N) is 3. The summed E-state index contributed by atoms with van der Waals surface area (Å²) in [5, 5.41) is 7.72. The Hall–Kier alpha value is -1.86. The Morgan fingerprint density at radius 2 is 2.00 bits per heavy atom. The molecule has 0 unspecified atom stereocenters. The lowest BCUT2D eigenvalue weighted by Gasteiger charge is -2.16. The number of ether oxygens (including phenoxy) is 1. The van der Waals surface area contributed by atoms with Gasteiger partial charge in [-0.1, -0.05) is 35.5 Å². The molecule has 7 heteroatoms. The van der Waals surface area contributed by atoms with Crippen LogP contribution in [0.1, 0.15) is 34.1 Å². The molecule has 0 spiro atoms. The standard InChI is InChI=1S/C12H13N3O2S.C3H9N/c1-12(2,3)17-11(16)15-14-10-13-8-6-4-5-7-9(8)18-10;1-2-3-4/h4-7H,1-3H3;2-4H2,1H3. The number of carbonyl (C=O) groups excluding carboxylic acids is 1. The third-order valence-electron chi connectivity index (χ3n) is 2.18. The Morgan fingerprint density at radius 3 is 2.55 bits per heavy atom. The van der Waals surface area contributed by atoms with Crippen molar-refractivity contribution in [2.24, 2.45) is 16.0 Å². The molecule has 2 aromatic rings. The smallest absolute Gasteiger partial charge is 0.441 e. The number of hydrogen-bond donors (Lipinski definition) is 1. The highest BCUT2D eigenvalue weighted by Crippen LogP contribution is 2.27. The number of amides is 1.